The van der Waals surface area contributed by atoms with Crippen molar-refractivity contribution in [3.8, 4) is 6.01 Å². The SMILES string of the molecule is O=CCCCOc1ncc2ccc(=O)[nH]c2n1. The Bertz CT molecular complexity index is 579. The van der Waals surface area contributed by atoms with Gasteiger partial charge in [0.2, 0.25) is 5.56 Å². The molecule has 0 fully saturated rings. The molecule has 0 aliphatic heterocycles. The van der Waals surface area contributed by atoms with E-state index in [0.717, 1.165) is 11.7 Å². The van der Waals surface area contributed by atoms with Gasteiger partial charge in [0.1, 0.15) is 11.9 Å². The lowest BCUT2D eigenvalue weighted by Gasteiger charge is -2.03. The molecule has 0 aliphatic rings. The molecule has 6 nitrogen and oxygen atoms in total. The number of nitrogens with zero attached hydrogens (tertiary/aromatic N) is 2. The van der Waals surface area contributed by atoms with Crippen LogP contribution in [0.5, 0.6) is 6.01 Å². The number of fused-ring (bicyclic) bond motifs is 1. The Morgan fingerprint density at radius 3 is 3.12 bits per heavy atom. The number of carbonyl (C=O) groups excluding carboxylic acids is 1. The third-order valence-corrected chi connectivity index (χ3v) is 2.15. The molecule has 0 radical (unpaired) electrons. The van der Waals surface area contributed by atoms with Crippen molar-refractivity contribution in [2.75, 3.05) is 6.61 Å². The van der Waals surface area contributed by atoms with Crippen molar-refractivity contribution in [1.82, 2.24) is 15.0 Å². The summed E-state index contributed by atoms with van der Waals surface area (Å²) in [6.45, 7) is 0.376. The van der Waals surface area contributed by atoms with E-state index in [1.54, 1.807) is 12.3 Å². The van der Waals surface area contributed by atoms with Crippen molar-refractivity contribution in [2.45, 2.75) is 12.8 Å². The number of carbonyl (C=O) groups is 1. The molecule has 2 aromatic heterocycles. The van der Waals surface area contributed by atoms with Crippen LogP contribution in [0, 0.1) is 0 Å². The predicted octanol–water partition coefficient (Wildman–Crippen LogP) is 0.676. The molecule has 2 heterocycles. The van der Waals surface area contributed by atoms with Crippen molar-refractivity contribution in [3.63, 3.8) is 0 Å². The summed E-state index contributed by atoms with van der Waals surface area (Å²) in [5, 5.41) is 0.741. The van der Waals surface area contributed by atoms with Gasteiger partial charge in [-0.3, -0.25) is 4.79 Å². The standard InChI is InChI=1S/C11H11N3O3/c15-5-1-2-6-17-11-12-7-8-3-4-9(16)13-10(8)14-11/h3-5,7H,1-2,6H2,(H,12,13,14,16). The fourth-order valence-corrected chi connectivity index (χ4v) is 1.32. The highest BCUT2D eigenvalue weighted by atomic mass is 16.5. The first-order valence-corrected chi connectivity index (χ1v) is 5.22. The Morgan fingerprint density at radius 1 is 1.41 bits per heavy atom. The number of rotatable bonds is 5. The summed E-state index contributed by atoms with van der Waals surface area (Å²) in [4.78, 5) is 31.8. The van der Waals surface area contributed by atoms with Gasteiger partial charge >= 0.3 is 6.01 Å². The highest BCUT2D eigenvalue weighted by Crippen LogP contribution is 2.09. The number of nitrogens with one attached hydrogen (secondary N) is 1. The van der Waals surface area contributed by atoms with Crippen LogP contribution in [0.15, 0.2) is 23.1 Å². The zero-order valence-corrected chi connectivity index (χ0v) is 9.05. The van der Waals surface area contributed by atoms with Crippen molar-refractivity contribution in [2.24, 2.45) is 0 Å². The highest BCUT2D eigenvalue weighted by molar-refractivity contribution is 5.73. The van der Waals surface area contributed by atoms with Gasteiger partial charge in [0, 0.05) is 24.1 Å². The predicted molar refractivity (Wildman–Crippen MR) is 61.0 cm³/mol. The Balaban J connectivity index is 2.13. The molecule has 0 saturated carbocycles. The molecule has 1 N–H and O–H groups in total. The van der Waals surface area contributed by atoms with E-state index in [1.807, 2.05) is 0 Å². The second-order valence-electron chi connectivity index (χ2n) is 3.44. The molecule has 2 rings (SSSR count). The summed E-state index contributed by atoms with van der Waals surface area (Å²) in [5.41, 5.74) is 0.223. The first-order valence-electron chi connectivity index (χ1n) is 5.22. The average molecular weight is 233 g/mol. The van der Waals surface area contributed by atoms with Crippen LogP contribution in [0.25, 0.3) is 11.0 Å². The van der Waals surface area contributed by atoms with Crippen LogP contribution >= 0.6 is 0 Å². The van der Waals surface area contributed by atoms with Gasteiger partial charge in [0.15, 0.2) is 0 Å². The second-order valence-corrected chi connectivity index (χ2v) is 3.44. The minimum absolute atomic E-state index is 0.199. The molecule has 0 saturated heterocycles. The lowest BCUT2D eigenvalue weighted by molar-refractivity contribution is -0.108. The van der Waals surface area contributed by atoms with Crippen LogP contribution in [0.2, 0.25) is 0 Å². The Labute approximate surface area is 96.7 Å². The molecule has 0 aromatic carbocycles. The van der Waals surface area contributed by atoms with Gasteiger partial charge in [-0.1, -0.05) is 0 Å². The lowest BCUT2D eigenvalue weighted by Crippen LogP contribution is -2.06. The number of H-pyrrole nitrogens is 1. The monoisotopic (exact) mass is 233 g/mol. The maximum Gasteiger partial charge on any atom is 0.318 e. The van der Waals surface area contributed by atoms with Crippen LogP contribution in [-0.4, -0.2) is 27.8 Å². The summed E-state index contributed by atoms with van der Waals surface area (Å²) in [7, 11) is 0. The first kappa shape index (κ1) is 11.3. The molecule has 0 bridgehead atoms. The molecular formula is C11H11N3O3. The molecule has 0 amide bonds. The molecule has 6 heteroatoms. The number of unbranched alkanes of at least 4 members (excludes halogenated alkanes) is 1. The molecule has 88 valence electrons. The van der Waals surface area contributed by atoms with Crippen LogP contribution in [0.3, 0.4) is 0 Å². The third kappa shape index (κ3) is 2.87. The van der Waals surface area contributed by atoms with Crippen molar-refractivity contribution >= 4 is 17.3 Å². The summed E-state index contributed by atoms with van der Waals surface area (Å²) in [6.07, 6.45) is 3.48. The van der Waals surface area contributed by atoms with Gasteiger partial charge < -0.3 is 14.5 Å². The number of ether oxygens (including phenoxy) is 1. The molecule has 0 aliphatic carbocycles. The zero-order valence-electron chi connectivity index (χ0n) is 9.05. The molecule has 17 heavy (non-hydrogen) atoms. The van der Waals surface area contributed by atoms with E-state index in [4.69, 9.17) is 4.74 Å². The maximum atomic E-state index is 11.1. The summed E-state index contributed by atoms with van der Waals surface area (Å²) >= 11 is 0. The lowest BCUT2D eigenvalue weighted by atomic mass is 10.3. The first-order chi connectivity index (χ1) is 8.29. The van der Waals surface area contributed by atoms with Crippen LogP contribution in [0.1, 0.15) is 12.8 Å². The number of pyridine rings is 1. The highest BCUT2D eigenvalue weighted by Gasteiger charge is 2.01. The van der Waals surface area contributed by atoms with E-state index < -0.39 is 0 Å². The molecule has 0 spiro atoms. The van der Waals surface area contributed by atoms with Gasteiger partial charge in [-0.05, 0) is 12.5 Å². The number of aldehydes is 1. The second kappa shape index (κ2) is 5.20. The van der Waals surface area contributed by atoms with Gasteiger partial charge in [0.25, 0.3) is 0 Å². The van der Waals surface area contributed by atoms with Crippen molar-refractivity contribution in [1.29, 1.82) is 0 Å². The number of hydrogen-bond donors (Lipinski definition) is 1. The maximum absolute atomic E-state index is 11.1. The summed E-state index contributed by atoms with van der Waals surface area (Å²) < 4.78 is 5.25. The summed E-state index contributed by atoms with van der Waals surface area (Å²) in [5.74, 6) is 0. The number of hydrogen-bond acceptors (Lipinski definition) is 5. The van der Waals surface area contributed by atoms with Crippen LogP contribution in [0.4, 0.5) is 0 Å². The topological polar surface area (TPSA) is 84.9 Å². The smallest absolute Gasteiger partial charge is 0.318 e. The minimum Gasteiger partial charge on any atom is -0.463 e. The molecule has 0 unspecified atom stereocenters. The van der Waals surface area contributed by atoms with E-state index >= 15 is 0 Å². The van der Waals surface area contributed by atoms with E-state index in [1.165, 1.54) is 6.07 Å². The van der Waals surface area contributed by atoms with Gasteiger partial charge in [-0.15, -0.1) is 0 Å². The fraction of sp³-hybridized carbons (Fsp3) is 0.273. The fourth-order valence-electron chi connectivity index (χ4n) is 1.32. The average Bonchev–Trinajstić information content (AvgIpc) is 2.34. The Kier molecular flexibility index (Phi) is 3.44. The zero-order chi connectivity index (χ0) is 12.1. The van der Waals surface area contributed by atoms with E-state index in [0.29, 0.717) is 25.1 Å². The molecule has 0 atom stereocenters. The van der Waals surface area contributed by atoms with Crippen LogP contribution < -0.4 is 10.3 Å². The molecular weight excluding hydrogens is 222 g/mol. The van der Waals surface area contributed by atoms with Gasteiger partial charge in [0.05, 0.1) is 6.61 Å². The quantitative estimate of drug-likeness (QED) is 0.606. The number of aromatic nitrogens is 3. The van der Waals surface area contributed by atoms with E-state index in [9.17, 15) is 9.59 Å². The van der Waals surface area contributed by atoms with Crippen LogP contribution in [-0.2, 0) is 4.79 Å². The summed E-state index contributed by atoms with van der Waals surface area (Å²) in [6, 6.07) is 3.26. The number of aromatic amines is 1. The molecule has 2 aromatic rings. The third-order valence-electron chi connectivity index (χ3n) is 2.15. The Morgan fingerprint density at radius 2 is 2.29 bits per heavy atom. The normalized spacial score (nSPS) is 10.4. The minimum atomic E-state index is -0.219. The van der Waals surface area contributed by atoms with E-state index in [-0.39, 0.29) is 11.6 Å². The van der Waals surface area contributed by atoms with E-state index in [2.05, 4.69) is 15.0 Å². The Hall–Kier alpha value is -2.24. The van der Waals surface area contributed by atoms with Crippen molar-refractivity contribution in [3.05, 3.63) is 28.7 Å². The van der Waals surface area contributed by atoms with Gasteiger partial charge in [-0.25, -0.2) is 4.98 Å². The van der Waals surface area contributed by atoms with Crippen molar-refractivity contribution < 1.29 is 9.53 Å². The largest absolute Gasteiger partial charge is 0.463 e. The van der Waals surface area contributed by atoms with Gasteiger partial charge in [-0.2, -0.15) is 4.98 Å².